The fourth-order valence-corrected chi connectivity index (χ4v) is 8.21. The van der Waals surface area contributed by atoms with Crippen molar-refractivity contribution in [1.82, 2.24) is 5.32 Å². The maximum Gasteiger partial charge on any atom is 0.222 e. The molecule has 61 heavy (non-hydrogen) atoms. The molecule has 0 rings (SSSR count). The highest BCUT2D eigenvalue weighted by molar-refractivity contribution is 5.76. The van der Waals surface area contributed by atoms with Gasteiger partial charge in [0.25, 0.3) is 0 Å². The van der Waals surface area contributed by atoms with E-state index in [1.807, 2.05) is 6.08 Å². The van der Waals surface area contributed by atoms with Crippen molar-refractivity contribution in [2.75, 3.05) is 6.61 Å². The summed E-state index contributed by atoms with van der Waals surface area (Å²) in [4.78, 5) is 12.5. The molecule has 0 aromatic rings. The Labute approximate surface area is 380 Å². The minimum atomic E-state index is -0.956. The lowest BCUT2D eigenvalue weighted by atomic mass is 10.0. The molecular weight excluding hydrogens is 751 g/mol. The van der Waals surface area contributed by atoms with Gasteiger partial charge in [-0.2, -0.15) is 0 Å². The summed E-state index contributed by atoms with van der Waals surface area (Å²) in [6, 6.07) is -0.766. The van der Waals surface area contributed by atoms with Crippen molar-refractivity contribution in [3.8, 4) is 0 Å². The molecule has 0 aliphatic rings. The Morgan fingerprint density at radius 1 is 0.426 bits per heavy atom. The molecule has 0 radical (unpaired) electrons. The van der Waals surface area contributed by atoms with Gasteiger partial charge in [-0.3, -0.25) is 4.79 Å². The van der Waals surface area contributed by atoms with Crippen LogP contribution in [0.1, 0.15) is 277 Å². The molecule has 0 bridgehead atoms. The van der Waals surface area contributed by atoms with Crippen LogP contribution in [0, 0.1) is 0 Å². The van der Waals surface area contributed by atoms with Crippen LogP contribution in [-0.2, 0) is 4.79 Å². The van der Waals surface area contributed by atoms with Gasteiger partial charge in [0.2, 0.25) is 5.91 Å². The van der Waals surface area contributed by atoms with Crippen molar-refractivity contribution in [3.05, 3.63) is 48.6 Å². The molecule has 0 saturated heterocycles. The van der Waals surface area contributed by atoms with E-state index in [0.717, 1.165) is 38.5 Å². The van der Waals surface area contributed by atoms with Gasteiger partial charge < -0.3 is 20.6 Å². The van der Waals surface area contributed by atoms with Crippen molar-refractivity contribution in [2.45, 2.75) is 295 Å². The molecule has 5 heteroatoms. The second-order valence-corrected chi connectivity index (χ2v) is 18.5. The highest BCUT2D eigenvalue weighted by atomic mass is 16.3. The normalized spacial score (nSPS) is 13.7. The SMILES string of the molecule is CCCCCCCCCCC/C=C\C/C=C\CCCCCCCCCC(O)CC(=O)NC(CO)C(O)/C=C/CC/C=C/CCCCCCCCCCCCCCCCCCC. The molecule has 358 valence electrons. The van der Waals surface area contributed by atoms with E-state index in [1.54, 1.807) is 6.08 Å². The van der Waals surface area contributed by atoms with Crippen LogP contribution in [0.2, 0.25) is 0 Å². The largest absolute Gasteiger partial charge is 0.394 e. The third kappa shape index (κ3) is 47.6. The minimum Gasteiger partial charge on any atom is -0.394 e. The standard InChI is InChI=1S/C56H105NO4/c1-3-5-7-9-11-13-15-17-19-21-23-25-27-29-31-33-35-37-39-41-43-45-47-49-53(59)51-56(61)57-54(52-58)55(60)50-48-46-44-42-40-38-36-34-32-30-28-26-24-22-20-18-16-14-12-10-8-6-4-2/h23,25,29,31,40,42,48,50,53-55,58-60H,3-22,24,26-28,30,32-39,41,43-47,49,51-52H2,1-2H3,(H,57,61)/b25-23-,31-29-,42-40+,50-48+. The number of hydrogen-bond donors (Lipinski definition) is 4. The summed E-state index contributed by atoms with van der Waals surface area (Å²) in [6.07, 6.45) is 67.1. The molecule has 0 spiro atoms. The Morgan fingerprint density at radius 2 is 0.754 bits per heavy atom. The van der Waals surface area contributed by atoms with Crippen molar-refractivity contribution in [2.24, 2.45) is 0 Å². The van der Waals surface area contributed by atoms with E-state index in [2.05, 4.69) is 55.6 Å². The molecular formula is C56H105NO4. The van der Waals surface area contributed by atoms with E-state index < -0.39 is 18.2 Å². The Hall–Kier alpha value is -1.69. The first-order chi connectivity index (χ1) is 30.0. The van der Waals surface area contributed by atoms with E-state index in [-0.39, 0.29) is 18.9 Å². The molecule has 0 aromatic carbocycles. The van der Waals surface area contributed by atoms with E-state index in [1.165, 1.54) is 212 Å². The molecule has 0 aliphatic carbocycles. The molecule has 0 aromatic heterocycles. The first-order valence-corrected chi connectivity index (χ1v) is 26.9. The number of carbonyl (C=O) groups excluding carboxylic acids is 1. The summed E-state index contributed by atoms with van der Waals surface area (Å²) >= 11 is 0. The number of hydrogen-bond acceptors (Lipinski definition) is 4. The van der Waals surface area contributed by atoms with Gasteiger partial charge in [-0.05, 0) is 64.2 Å². The average molecular weight is 856 g/mol. The second-order valence-electron chi connectivity index (χ2n) is 18.5. The summed E-state index contributed by atoms with van der Waals surface area (Å²) in [7, 11) is 0. The highest BCUT2D eigenvalue weighted by Crippen LogP contribution is 2.16. The number of amides is 1. The summed E-state index contributed by atoms with van der Waals surface area (Å²) in [5.74, 6) is -0.328. The molecule has 5 nitrogen and oxygen atoms in total. The fraction of sp³-hybridized carbons (Fsp3) is 0.839. The molecule has 3 atom stereocenters. The third-order valence-corrected chi connectivity index (χ3v) is 12.3. The maximum absolute atomic E-state index is 12.5. The smallest absolute Gasteiger partial charge is 0.222 e. The number of allylic oxidation sites excluding steroid dienone is 7. The van der Waals surface area contributed by atoms with E-state index in [9.17, 15) is 20.1 Å². The number of unbranched alkanes of at least 4 members (excludes halogenated alkanes) is 34. The number of aliphatic hydroxyl groups excluding tert-OH is 3. The molecule has 1 amide bonds. The summed E-state index contributed by atoms with van der Waals surface area (Å²) in [6.45, 7) is 4.22. The van der Waals surface area contributed by atoms with Crippen LogP contribution >= 0.6 is 0 Å². The zero-order chi connectivity index (χ0) is 44.4. The summed E-state index contributed by atoms with van der Waals surface area (Å²) in [5, 5.41) is 33.4. The first-order valence-electron chi connectivity index (χ1n) is 26.9. The van der Waals surface area contributed by atoms with Gasteiger partial charge >= 0.3 is 0 Å². The summed E-state index contributed by atoms with van der Waals surface area (Å²) in [5.41, 5.74) is 0. The predicted octanol–water partition coefficient (Wildman–Crippen LogP) is 16.4. The highest BCUT2D eigenvalue weighted by Gasteiger charge is 2.20. The van der Waals surface area contributed by atoms with Crippen LogP contribution < -0.4 is 5.32 Å². The third-order valence-electron chi connectivity index (χ3n) is 12.3. The summed E-state index contributed by atoms with van der Waals surface area (Å²) < 4.78 is 0. The van der Waals surface area contributed by atoms with Crippen LogP contribution in [0.5, 0.6) is 0 Å². The number of aliphatic hydroxyl groups is 3. The molecule has 4 N–H and O–H groups in total. The van der Waals surface area contributed by atoms with E-state index in [0.29, 0.717) is 6.42 Å². The number of nitrogens with one attached hydrogen (secondary N) is 1. The molecule has 0 saturated carbocycles. The molecule has 0 fully saturated rings. The topological polar surface area (TPSA) is 89.8 Å². The Morgan fingerprint density at radius 3 is 1.15 bits per heavy atom. The van der Waals surface area contributed by atoms with Crippen molar-refractivity contribution in [3.63, 3.8) is 0 Å². The predicted molar refractivity (Wildman–Crippen MR) is 268 cm³/mol. The quantitative estimate of drug-likeness (QED) is 0.0362. The van der Waals surface area contributed by atoms with Gasteiger partial charge in [0.15, 0.2) is 0 Å². The van der Waals surface area contributed by atoms with Gasteiger partial charge in [-0.15, -0.1) is 0 Å². The zero-order valence-electron chi connectivity index (χ0n) is 40.8. The van der Waals surface area contributed by atoms with Crippen molar-refractivity contribution >= 4 is 5.91 Å². The number of rotatable bonds is 49. The van der Waals surface area contributed by atoms with Gasteiger partial charge in [0.05, 0.1) is 31.3 Å². The molecule has 3 unspecified atom stereocenters. The molecule has 0 heterocycles. The number of carbonyl (C=O) groups is 1. The Bertz CT molecular complexity index is 989. The van der Waals surface area contributed by atoms with Gasteiger partial charge in [-0.25, -0.2) is 0 Å². The Balaban J connectivity index is 3.66. The van der Waals surface area contributed by atoms with Crippen molar-refractivity contribution < 1.29 is 20.1 Å². The Kier molecular flexibility index (Phi) is 49.5. The fourth-order valence-electron chi connectivity index (χ4n) is 8.21. The van der Waals surface area contributed by atoms with Crippen molar-refractivity contribution in [1.29, 1.82) is 0 Å². The lowest BCUT2D eigenvalue weighted by Gasteiger charge is -2.21. The van der Waals surface area contributed by atoms with Crippen LogP contribution in [0.25, 0.3) is 0 Å². The monoisotopic (exact) mass is 856 g/mol. The van der Waals surface area contributed by atoms with Crippen LogP contribution in [0.4, 0.5) is 0 Å². The van der Waals surface area contributed by atoms with E-state index >= 15 is 0 Å². The average Bonchev–Trinajstić information content (AvgIpc) is 3.25. The van der Waals surface area contributed by atoms with Crippen LogP contribution in [-0.4, -0.2) is 46.1 Å². The minimum absolute atomic E-state index is 0.000212. The second kappa shape index (κ2) is 50.9. The lowest BCUT2D eigenvalue weighted by molar-refractivity contribution is -0.124. The first kappa shape index (κ1) is 59.3. The van der Waals surface area contributed by atoms with Gasteiger partial charge in [0, 0.05) is 0 Å². The lowest BCUT2D eigenvalue weighted by Crippen LogP contribution is -2.45. The van der Waals surface area contributed by atoms with Crippen LogP contribution in [0.3, 0.4) is 0 Å². The molecule has 0 aliphatic heterocycles. The van der Waals surface area contributed by atoms with E-state index in [4.69, 9.17) is 0 Å². The van der Waals surface area contributed by atoms with Gasteiger partial charge in [-0.1, -0.05) is 255 Å². The maximum atomic E-state index is 12.5. The zero-order valence-corrected chi connectivity index (χ0v) is 40.8. The van der Waals surface area contributed by atoms with Crippen LogP contribution in [0.15, 0.2) is 48.6 Å². The van der Waals surface area contributed by atoms with Gasteiger partial charge in [0.1, 0.15) is 0 Å².